The highest BCUT2D eigenvalue weighted by atomic mass is 32.2. The van der Waals surface area contributed by atoms with Gasteiger partial charge in [0.15, 0.2) is 12.7 Å². The molecule has 1 amide bonds. The van der Waals surface area contributed by atoms with E-state index in [1.54, 1.807) is 30.3 Å². The fourth-order valence-corrected chi connectivity index (χ4v) is 6.08. The van der Waals surface area contributed by atoms with E-state index < -0.39 is 56.1 Å². The van der Waals surface area contributed by atoms with E-state index in [0.717, 1.165) is 6.26 Å². The summed E-state index contributed by atoms with van der Waals surface area (Å²) in [6, 6.07) is 8.70. The molecule has 1 aliphatic heterocycles. The molecule has 0 saturated carbocycles. The van der Waals surface area contributed by atoms with Crippen LogP contribution in [0.3, 0.4) is 0 Å². The largest absolute Gasteiger partial charge is 0.416 e. The first-order valence-corrected chi connectivity index (χ1v) is 12.7. The third-order valence-corrected chi connectivity index (χ3v) is 8.10. The molecule has 3 rings (SSSR count). The number of benzene rings is 2. The minimum Gasteiger partial charge on any atom is -0.367 e. The molecule has 6 nitrogen and oxygen atoms in total. The predicted octanol–water partition coefficient (Wildman–Crippen LogP) is 4.62. The van der Waals surface area contributed by atoms with E-state index in [1.165, 1.54) is 0 Å². The van der Waals surface area contributed by atoms with Crippen LogP contribution in [0.5, 0.6) is 0 Å². The number of amides is 1. The second kappa shape index (κ2) is 10.4. The molecule has 1 saturated heterocycles. The van der Waals surface area contributed by atoms with Crippen molar-refractivity contribution in [3.05, 3.63) is 70.8 Å². The molecule has 0 aliphatic carbocycles. The number of ether oxygens (including phenoxy) is 1. The topological polar surface area (TPSA) is 72.5 Å². The molecule has 0 radical (unpaired) electrons. The van der Waals surface area contributed by atoms with Crippen molar-refractivity contribution >= 4 is 16.4 Å². The third-order valence-electron chi connectivity index (χ3n) is 6.24. The summed E-state index contributed by atoms with van der Waals surface area (Å²) >= 11 is 0. The Hall–Kier alpha value is -2.64. The Morgan fingerprint density at radius 3 is 2.11 bits per heavy atom. The SMILES string of the molecule is CS(=O)(=O)[N+]1(CNC=O)CCC[C@H](OCc2cc(C(F)(F)F)cc(C(F)(F)F)c2)[C@@H]1c1ccccc1. The third kappa shape index (κ3) is 6.01. The Balaban J connectivity index is 2.02. The fraction of sp³-hybridized carbons (Fsp3) is 0.435. The zero-order valence-electron chi connectivity index (χ0n) is 19.1. The van der Waals surface area contributed by atoms with Gasteiger partial charge in [-0.15, -0.1) is 0 Å². The van der Waals surface area contributed by atoms with Crippen molar-refractivity contribution in [2.45, 2.75) is 43.9 Å². The monoisotopic (exact) mass is 539 g/mol. The molecule has 1 N–H and O–H groups in total. The van der Waals surface area contributed by atoms with E-state index in [2.05, 4.69) is 5.32 Å². The van der Waals surface area contributed by atoms with Gasteiger partial charge >= 0.3 is 12.4 Å². The lowest BCUT2D eigenvalue weighted by Gasteiger charge is -2.48. The number of piperidine rings is 1. The molecule has 3 atom stereocenters. The van der Waals surface area contributed by atoms with Crippen molar-refractivity contribution in [3.63, 3.8) is 0 Å². The Labute approximate surface area is 204 Å². The van der Waals surface area contributed by atoms with Gasteiger partial charge in [-0.3, -0.25) is 4.79 Å². The summed E-state index contributed by atoms with van der Waals surface area (Å²) in [6.45, 7) is -0.768. The first kappa shape index (κ1) is 27.9. The second-order valence-corrected chi connectivity index (χ2v) is 10.8. The summed E-state index contributed by atoms with van der Waals surface area (Å²) < 4.78 is 111. The van der Waals surface area contributed by atoms with Crippen LogP contribution in [0.15, 0.2) is 48.5 Å². The van der Waals surface area contributed by atoms with Gasteiger partial charge < -0.3 is 10.1 Å². The molecule has 1 heterocycles. The zero-order valence-corrected chi connectivity index (χ0v) is 20.0. The molecular formula is C23H25F6N2O4S+. The van der Waals surface area contributed by atoms with Crippen molar-refractivity contribution in [3.8, 4) is 0 Å². The van der Waals surface area contributed by atoms with Gasteiger partial charge in [0.1, 0.15) is 6.10 Å². The average molecular weight is 540 g/mol. The van der Waals surface area contributed by atoms with Gasteiger partial charge in [-0.2, -0.15) is 38.6 Å². The molecule has 0 bridgehead atoms. The lowest BCUT2D eigenvalue weighted by Crippen LogP contribution is -2.63. The van der Waals surface area contributed by atoms with Crippen LogP contribution >= 0.6 is 0 Å². The predicted molar refractivity (Wildman–Crippen MR) is 117 cm³/mol. The van der Waals surface area contributed by atoms with Gasteiger partial charge in [-0.25, -0.2) is 0 Å². The number of carbonyl (C=O) groups is 1. The van der Waals surface area contributed by atoms with Crippen LogP contribution in [0.4, 0.5) is 26.3 Å². The van der Waals surface area contributed by atoms with Crippen LogP contribution in [-0.2, 0) is 38.5 Å². The maximum Gasteiger partial charge on any atom is 0.416 e. The van der Waals surface area contributed by atoms with E-state index >= 15 is 0 Å². The molecule has 13 heteroatoms. The smallest absolute Gasteiger partial charge is 0.367 e. The highest BCUT2D eigenvalue weighted by Crippen LogP contribution is 2.42. The number of nitrogens with one attached hydrogen (secondary N) is 1. The number of alkyl halides is 6. The number of halogens is 6. The number of sulfonamides is 1. The van der Waals surface area contributed by atoms with Crippen LogP contribution in [0.1, 0.15) is 41.1 Å². The van der Waals surface area contributed by atoms with Gasteiger partial charge in [0, 0.05) is 12.0 Å². The van der Waals surface area contributed by atoms with E-state index in [1.807, 2.05) is 0 Å². The molecule has 0 aromatic heterocycles. The quantitative estimate of drug-likeness (QED) is 0.302. The normalized spacial score (nSPS) is 23.3. The molecule has 1 aliphatic rings. The minimum absolute atomic E-state index is 0.0353. The zero-order chi connectivity index (χ0) is 26.8. The number of nitrogens with zero attached hydrogens (tertiary/aromatic N) is 1. The van der Waals surface area contributed by atoms with E-state index in [-0.39, 0.29) is 24.8 Å². The van der Waals surface area contributed by atoms with Gasteiger partial charge in [0.25, 0.3) is 10.0 Å². The van der Waals surface area contributed by atoms with Crippen LogP contribution in [0, 0.1) is 0 Å². The van der Waals surface area contributed by atoms with Crippen LogP contribution in [0.2, 0.25) is 0 Å². The van der Waals surface area contributed by atoms with Crippen LogP contribution in [-0.4, -0.2) is 44.3 Å². The lowest BCUT2D eigenvalue weighted by atomic mass is 9.92. The number of rotatable bonds is 8. The molecule has 2 aromatic carbocycles. The number of hydrogen-bond acceptors (Lipinski definition) is 4. The molecule has 2 aromatic rings. The van der Waals surface area contributed by atoms with Gasteiger partial charge in [-0.05, 0) is 30.2 Å². The molecular weight excluding hydrogens is 514 g/mol. The van der Waals surface area contributed by atoms with Gasteiger partial charge in [0.2, 0.25) is 6.41 Å². The van der Waals surface area contributed by atoms with Crippen molar-refractivity contribution < 1.29 is 48.2 Å². The number of carbonyl (C=O) groups excluding carboxylic acids is 1. The Bertz CT molecular complexity index is 1140. The van der Waals surface area contributed by atoms with E-state index in [0.29, 0.717) is 36.9 Å². The highest BCUT2D eigenvalue weighted by molar-refractivity contribution is 7.85. The van der Waals surface area contributed by atoms with Crippen LogP contribution < -0.4 is 5.32 Å². The summed E-state index contributed by atoms with van der Waals surface area (Å²) in [5, 5.41) is 2.41. The maximum absolute atomic E-state index is 13.3. The number of likely N-dealkylation sites (tertiary alicyclic amines) is 1. The minimum atomic E-state index is -5.00. The van der Waals surface area contributed by atoms with Crippen molar-refractivity contribution in [2.75, 3.05) is 19.5 Å². The van der Waals surface area contributed by atoms with Gasteiger partial charge in [0.05, 0.1) is 30.5 Å². The molecule has 0 spiro atoms. The summed E-state index contributed by atoms with van der Waals surface area (Å²) in [7, 11) is -3.89. The number of quaternary nitrogens is 1. The summed E-state index contributed by atoms with van der Waals surface area (Å²) in [4.78, 5) is 11.0. The average Bonchev–Trinajstić information content (AvgIpc) is 2.79. The summed E-state index contributed by atoms with van der Waals surface area (Å²) in [5.41, 5.74) is -2.73. The number of hydrogen-bond donors (Lipinski definition) is 1. The maximum atomic E-state index is 13.3. The standard InChI is InChI=1S/C23H24F6N2O4S/c1-36(33,34)31(14-30-15-32)9-5-8-20(21(31)17-6-3-2-4-7-17)35-13-16-10-18(22(24,25)26)12-19(11-16)23(27,28)29/h2-4,6-7,10-12,15,20-21H,5,8-9,13-14H2,1H3/p+1/t20-,21-,31?/m0/s1. The summed E-state index contributed by atoms with van der Waals surface area (Å²) in [6.07, 6.45) is -8.88. The lowest BCUT2D eigenvalue weighted by molar-refractivity contribution is -0.852. The highest BCUT2D eigenvalue weighted by Gasteiger charge is 2.53. The molecule has 198 valence electrons. The molecule has 1 unspecified atom stereocenters. The Morgan fingerprint density at radius 1 is 1.03 bits per heavy atom. The van der Waals surface area contributed by atoms with Crippen molar-refractivity contribution in [1.82, 2.24) is 5.32 Å². The first-order chi connectivity index (χ1) is 16.7. The van der Waals surface area contributed by atoms with E-state index in [9.17, 15) is 39.6 Å². The molecule has 36 heavy (non-hydrogen) atoms. The van der Waals surface area contributed by atoms with Crippen LogP contribution in [0.25, 0.3) is 0 Å². The first-order valence-electron chi connectivity index (χ1n) is 10.9. The molecule has 1 fully saturated rings. The Morgan fingerprint density at radius 2 is 1.61 bits per heavy atom. The van der Waals surface area contributed by atoms with Crippen molar-refractivity contribution in [2.24, 2.45) is 0 Å². The van der Waals surface area contributed by atoms with Crippen molar-refractivity contribution in [1.29, 1.82) is 0 Å². The summed E-state index contributed by atoms with van der Waals surface area (Å²) in [5.74, 6) is 0. The second-order valence-electron chi connectivity index (χ2n) is 8.65. The van der Waals surface area contributed by atoms with Gasteiger partial charge in [-0.1, -0.05) is 30.3 Å². The van der Waals surface area contributed by atoms with E-state index in [4.69, 9.17) is 4.74 Å². The fourth-order valence-electron chi connectivity index (χ4n) is 4.64. The Kier molecular flexibility index (Phi) is 8.06.